The number of aromatic amines is 2. The van der Waals surface area contributed by atoms with Crippen LogP contribution in [0.3, 0.4) is 0 Å². The highest BCUT2D eigenvalue weighted by Gasteiger charge is 2.18. The number of aromatic hydroxyl groups is 2. The largest absolute Gasteiger partial charge is 0.508 e. The lowest BCUT2D eigenvalue weighted by Gasteiger charge is -2.11. The third-order valence-corrected chi connectivity index (χ3v) is 4.58. The molecule has 4 rings (SSSR count). The molecular weight excluding hydrogens is 336 g/mol. The zero-order valence-corrected chi connectivity index (χ0v) is 14.3. The summed E-state index contributed by atoms with van der Waals surface area (Å²) >= 11 is 5.43. The molecule has 0 atom stereocenters. The maximum absolute atomic E-state index is 10.4. The molecule has 2 aromatic heterocycles. The number of hydrogen-bond donors (Lipinski definition) is 4. The summed E-state index contributed by atoms with van der Waals surface area (Å²) in [5.41, 5.74) is 3.08. The van der Waals surface area contributed by atoms with Gasteiger partial charge >= 0.3 is 0 Å². The molecule has 0 aliphatic carbocycles. The van der Waals surface area contributed by atoms with E-state index in [1.54, 1.807) is 10.6 Å². The lowest BCUT2D eigenvalue weighted by molar-refractivity contribution is 0.447. The van der Waals surface area contributed by atoms with Crippen molar-refractivity contribution in [2.24, 2.45) is 0 Å². The molecule has 0 radical (unpaired) electrons. The summed E-state index contributed by atoms with van der Waals surface area (Å²) in [5, 5.41) is 28.4. The lowest BCUT2D eigenvalue weighted by atomic mass is 10.1. The molecule has 0 saturated carbocycles. The van der Waals surface area contributed by atoms with Crippen molar-refractivity contribution in [3.63, 3.8) is 0 Å². The minimum atomic E-state index is -0.0498. The number of phenolic OH excluding ortho intramolecular Hbond substituents is 2. The van der Waals surface area contributed by atoms with Crippen LogP contribution in [0.2, 0.25) is 0 Å². The highest BCUT2D eigenvalue weighted by Crippen LogP contribution is 2.36. The Balaban J connectivity index is 2.02. The first kappa shape index (κ1) is 15.5. The Labute approximate surface area is 148 Å². The van der Waals surface area contributed by atoms with Gasteiger partial charge in [-0.3, -0.25) is 9.67 Å². The number of rotatable bonds is 3. The van der Waals surface area contributed by atoms with Gasteiger partial charge in [0.25, 0.3) is 0 Å². The summed E-state index contributed by atoms with van der Waals surface area (Å²) in [6.07, 6.45) is 2.50. The molecule has 0 aliphatic rings. The van der Waals surface area contributed by atoms with E-state index < -0.39 is 0 Å². The first-order valence-electron chi connectivity index (χ1n) is 7.89. The van der Waals surface area contributed by atoms with Crippen LogP contribution >= 0.6 is 12.2 Å². The van der Waals surface area contributed by atoms with Crippen molar-refractivity contribution in [1.82, 2.24) is 19.7 Å². The molecule has 25 heavy (non-hydrogen) atoms. The van der Waals surface area contributed by atoms with Crippen molar-refractivity contribution in [3.05, 3.63) is 52.9 Å². The summed E-state index contributed by atoms with van der Waals surface area (Å²) in [7, 11) is 0. The zero-order valence-electron chi connectivity index (χ0n) is 13.4. The van der Waals surface area contributed by atoms with E-state index >= 15 is 0 Å². The van der Waals surface area contributed by atoms with E-state index in [1.165, 1.54) is 6.07 Å². The Bertz CT molecular complexity index is 1140. The molecule has 7 heteroatoms. The number of benzene rings is 2. The van der Waals surface area contributed by atoms with Crippen LogP contribution in [-0.4, -0.2) is 30.0 Å². The number of nitrogens with one attached hydrogen (secondary N) is 2. The average Bonchev–Trinajstić information content (AvgIpc) is 3.21. The molecule has 0 bridgehead atoms. The second-order valence-electron chi connectivity index (χ2n) is 5.76. The highest BCUT2D eigenvalue weighted by molar-refractivity contribution is 7.71. The van der Waals surface area contributed by atoms with Crippen molar-refractivity contribution in [3.8, 4) is 28.6 Å². The number of hydrogen-bond acceptors (Lipinski definition) is 4. The van der Waals surface area contributed by atoms with Crippen LogP contribution in [-0.2, 0) is 6.42 Å². The number of H-pyrrole nitrogens is 2. The van der Waals surface area contributed by atoms with Crippen LogP contribution < -0.4 is 0 Å². The summed E-state index contributed by atoms with van der Waals surface area (Å²) < 4.78 is 2.21. The highest BCUT2D eigenvalue weighted by atomic mass is 32.1. The van der Waals surface area contributed by atoms with Crippen LogP contribution in [0.25, 0.3) is 28.0 Å². The van der Waals surface area contributed by atoms with E-state index in [-0.39, 0.29) is 11.5 Å². The molecule has 4 N–H and O–H groups in total. The molecule has 6 nitrogen and oxygen atoms in total. The van der Waals surface area contributed by atoms with Crippen LogP contribution in [0.5, 0.6) is 11.5 Å². The quantitative estimate of drug-likeness (QED) is 0.419. The molecule has 2 heterocycles. The molecule has 126 valence electrons. The summed E-state index contributed by atoms with van der Waals surface area (Å²) in [5.74, 6) is 0.509. The molecule has 0 unspecified atom stereocenters. The van der Waals surface area contributed by atoms with Gasteiger partial charge in [0.15, 0.2) is 10.6 Å². The molecule has 0 spiro atoms. The summed E-state index contributed by atoms with van der Waals surface area (Å²) in [6.45, 7) is 1.94. The first-order valence-corrected chi connectivity index (χ1v) is 8.30. The fraction of sp³-hybridized carbons (Fsp3) is 0.111. The standard InChI is InChI=1S/C18H16N4O2S/c1-2-10-8-12(16(24)9-15(10)23)17-20-21-18(25)22(17)14-5-3-4-13-11(14)6-7-19-13/h3-9,19,23-24H,2H2,1H3,(H,21,25). The predicted octanol–water partition coefficient (Wildman–Crippen LogP) is 4.05. The van der Waals surface area contributed by atoms with Crippen molar-refractivity contribution in [1.29, 1.82) is 0 Å². The smallest absolute Gasteiger partial charge is 0.200 e. The van der Waals surface area contributed by atoms with E-state index in [9.17, 15) is 10.2 Å². The Morgan fingerprint density at radius 2 is 2.00 bits per heavy atom. The van der Waals surface area contributed by atoms with Gasteiger partial charge in [0.05, 0.1) is 11.3 Å². The predicted molar refractivity (Wildman–Crippen MR) is 98.7 cm³/mol. The van der Waals surface area contributed by atoms with E-state index in [4.69, 9.17) is 12.2 Å². The normalized spacial score (nSPS) is 11.2. The second kappa shape index (κ2) is 5.78. The van der Waals surface area contributed by atoms with E-state index in [0.717, 1.165) is 22.2 Å². The molecule has 2 aromatic carbocycles. The maximum Gasteiger partial charge on any atom is 0.200 e. The Morgan fingerprint density at radius 3 is 2.80 bits per heavy atom. The Hall–Kier alpha value is -3.06. The number of aromatic nitrogens is 4. The summed E-state index contributed by atoms with van der Waals surface area (Å²) in [6, 6.07) is 10.9. The Kier molecular flexibility index (Phi) is 3.58. The Morgan fingerprint density at radius 1 is 1.16 bits per heavy atom. The zero-order chi connectivity index (χ0) is 17.6. The van der Waals surface area contributed by atoms with Crippen molar-refractivity contribution in [2.75, 3.05) is 0 Å². The SMILES string of the molecule is CCc1cc(-c2n[nH]c(=S)n2-c2cccc3[nH]ccc23)c(O)cc1O. The molecule has 0 saturated heterocycles. The van der Waals surface area contributed by atoms with Gasteiger partial charge in [-0.2, -0.15) is 5.10 Å². The van der Waals surface area contributed by atoms with Gasteiger partial charge in [0.1, 0.15) is 11.5 Å². The van der Waals surface area contributed by atoms with Crippen molar-refractivity contribution in [2.45, 2.75) is 13.3 Å². The number of nitrogens with zero attached hydrogens (tertiary/aromatic N) is 2. The maximum atomic E-state index is 10.4. The van der Waals surface area contributed by atoms with Gasteiger partial charge in [-0.25, -0.2) is 0 Å². The van der Waals surface area contributed by atoms with Crippen LogP contribution in [0.4, 0.5) is 0 Å². The van der Waals surface area contributed by atoms with Crippen LogP contribution in [0.15, 0.2) is 42.6 Å². The first-order chi connectivity index (χ1) is 12.1. The van der Waals surface area contributed by atoms with Crippen molar-refractivity contribution < 1.29 is 10.2 Å². The second-order valence-corrected chi connectivity index (χ2v) is 6.14. The fourth-order valence-corrected chi connectivity index (χ4v) is 3.28. The molecule has 0 amide bonds. The van der Waals surface area contributed by atoms with E-state index in [2.05, 4.69) is 15.2 Å². The number of aryl methyl sites for hydroxylation is 1. The van der Waals surface area contributed by atoms with Gasteiger partial charge in [0.2, 0.25) is 0 Å². The van der Waals surface area contributed by atoms with Crippen LogP contribution in [0, 0.1) is 4.77 Å². The minimum Gasteiger partial charge on any atom is -0.508 e. The van der Waals surface area contributed by atoms with Gasteiger partial charge < -0.3 is 15.2 Å². The van der Waals surface area contributed by atoms with E-state index in [1.807, 2.05) is 37.4 Å². The monoisotopic (exact) mass is 352 g/mol. The number of fused-ring (bicyclic) bond motifs is 1. The van der Waals surface area contributed by atoms with Gasteiger partial charge in [-0.15, -0.1) is 0 Å². The fourth-order valence-electron chi connectivity index (χ4n) is 3.05. The van der Waals surface area contributed by atoms with Crippen molar-refractivity contribution >= 4 is 23.1 Å². The topological polar surface area (TPSA) is 89.9 Å². The average molecular weight is 352 g/mol. The van der Waals surface area contributed by atoms with Gasteiger partial charge in [0, 0.05) is 23.2 Å². The minimum absolute atomic E-state index is 0.0498. The summed E-state index contributed by atoms with van der Waals surface area (Å²) in [4.78, 5) is 3.18. The molecule has 4 aromatic rings. The third kappa shape index (κ3) is 2.40. The van der Waals surface area contributed by atoms with Crippen LogP contribution in [0.1, 0.15) is 12.5 Å². The van der Waals surface area contributed by atoms with Gasteiger partial charge in [-0.1, -0.05) is 13.0 Å². The van der Waals surface area contributed by atoms with E-state index in [0.29, 0.717) is 22.6 Å². The number of phenols is 2. The molecular formula is C18H16N4O2S. The lowest BCUT2D eigenvalue weighted by Crippen LogP contribution is -1.99. The molecule has 0 fully saturated rings. The molecule has 0 aliphatic heterocycles. The van der Waals surface area contributed by atoms with Gasteiger partial charge in [-0.05, 0) is 48.5 Å². The third-order valence-electron chi connectivity index (χ3n) is 4.30.